The summed E-state index contributed by atoms with van der Waals surface area (Å²) in [6, 6.07) is 22.3. The number of hydrogen-bond donors (Lipinski definition) is 0. The molecule has 7 nitrogen and oxygen atoms in total. The van der Waals surface area contributed by atoms with Crippen LogP contribution in [0.3, 0.4) is 0 Å². The van der Waals surface area contributed by atoms with E-state index in [2.05, 4.69) is 0 Å². The van der Waals surface area contributed by atoms with Gasteiger partial charge in [0.1, 0.15) is 0 Å². The molecule has 1 aliphatic heterocycles. The number of aromatic nitrogens is 1. The normalized spacial score (nSPS) is 18.7. The van der Waals surface area contributed by atoms with Gasteiger partial charge in [-0.3, -0.25) is 19.3 Å². The van der Waals surface area contributed by atoms with Crippen LogP contribution in [0.25, 0.3) is 22.2 Å². The van der Waals surface area contributed by atoms with E-state index in [0.717, 1.165) is 0 Å². The number of Topliss-reactive ketones (excluding diaryl/α,β-unsaturated/α-hetero) is 1. The topological polar surface area (TPSA) is 93.6 Å². The summed E-state index contributed by atoms with van der Waals surface area (Å²) in [4.78, 5) is 58.7. The molecule has 1 saturated heterocycles. The molecule has 0 bridgehead atoms. The van der Waals surface area contributed by atoms with Crippen molar-refractivity contribution in [3.05, 3.63) is 107 Å². The molecular weight excluding hydrogens is 552 g/mol. The Morgan fingerprint density at radius 3 is 2.24 bits per heavy atom. The lowest BCUT2D eigenvalue weighted by molar-refractivity contribution is -0.122. The van der Waals surface area contributed by atoms with Crippen molar-refractivity contribution in [1.82, 2.24) is 4.98 Å². The molecule has 1 fully saturated rings. The molecule has 0 saturated carbocycles. The molecule has 2 aliphatic rings. The standard InChI is InChI=1S/C34H27ClN2O5/c1-2-30(31(38)21-8-4-3-5-9-21)42-34(41)27-19-29(36-28-17-14-22(35)18-26(27)28)20-12-15-23(16-13-20)37-32(39)24-10-6-7-11-25(24)33(37)40/h3-9,12-19,24-25,30H,2,10-11H2,1H3. The Balaban J connectivity index is 1.32. The number of benzene rings is 3. The van der Waals surface area contributed by atoms with E-state index in [4.69, 9.17) is 21.3 Å². The Hall–Kier alpha value is -4.62. The van der Waals surface area contributed by atoms with Gasteiger partial charge >= 0.3 is 5.97 Å². The van der Waals surface area contributed by atoms with Gasteiger partial charge in [0.15, 0.2) is 6.10 Å². The monoisotopic (exact) mass is 578 g/mol. The van der Waals surface area contributed by atoms with Crippen LogP contribution in [0.4, 0.5) is 5.69 Å². The van der Waals surface area contributed by atoms with E-state index < -0.39 is 12.1 Å². The van der Waals surface area contributed by atoms with Crippen molar-refractivity contribution in [2.45, 2.75) is 32.3 Å². The molecule has 8 heteroatoms. The molecule has 0 N–H and O–H groups in total. The molecule has 0 radical (unpaired) electrons. The number of ketones is 1. The van der Waals surface area contributed by atoms with Crippen LogP contribution in [0.5, 0.6) is 0 Å². The average Bonchev–Trinajstić information content (AvgIpc) is 3.28. The molecule has 3 unspecified atom stereocenters. The van der Waals surface area contributed by atoms with Crippen LogP contribution in [0.15, 0.2) is 91.0 Å². The summed E-state index contributed by atoms with van der Waals surface area (Å²) in [5.41, 5.74) is 2.88. The molecule has 0 spiro atoms. The number of halogens is 1. The number of anilines is 1. The van der Waals surface area contributed by atoms with Crippen molar-refractivity contribution < 1.29 is 23.9 Å². The van der Waals surface area contributed by atoms with Crippen molar-refractivity contribution >= 4 is 51.8 Å². The predicted molar refractivity (Wildman–Crippen MR) is 160 cm³/mol. The van der Waals surface area contributed by atoms with Gasteiger partial charge in [0, 0.05) is 21.5 Å². The van der Waals surface area contributed by atoms with Gasteiger partial charge in [-0.15, -0.1) is 0 Å². The molecule has 3 aromatic carbocycles. The molecule has 2 heterocycles. The zero-order valence-electron chi connectivity index (χ0n) is 22.8. The van der Waals surface area contributed by atoms with Crippen molar-refractivity contribution in [2.75, 3.05) is 4.90 Å². The van der Waals surface area contributed by atoms with Crippen molar-refractivity contribution in [2.24, 2.45) is 11.8 Å². The van der Waals surface area contributed by atoms with Gasteiger partial charge in [0.25, 0.3) is 0 Å². The quantitative estimate of drug-likeness (QED) is 0.103. The lowest BCUT2D eigenvalue weighted by Gasteiger charge is -2.17. The number of esters is 1. The minimum absolute atomic E-state index is 0.177. The molecule has 210 valence electrons. The fraction of sp³-hybridized carbons (Fsp3) is 0.206. The number of nitrogens with zero attached hydrogens (tertiary/aromatic N) is 2. The molecule has 3 atom stereocenters. The second-order valence-electron chi connectivity index (χ2n) is 10.5. The van der Waals surface area contributed by atoms with E-state index in [1.807, 2.05) is 18.2 Å². The second-order valence-corrected chi connectivity index (χ2v) is 10.9. The Kier molecular flexibility index (Phi) is 7.43. The van der Waals surface area contributed by atoms with E-state index in [0.29, 0.717) is 57.7 Å². The van der Waals surface area contributed by atoms with Crippen molar-refractivity contribution in [1.29, 1.82) is 0 Å². The maximum atomic E-state index is 13.6. The predicted octanol–water partition coefficient (Wildman–Crippen LogP) is 6.83. The molecule has 6 rings (SSSR count). The van der Waals surface area contributed by atoms with Gasteiger partial charge in [-0.1, -0.05) is 73.1 Å². The zero-order chi connectivity index (χ0) is 29.4. The molecule has 4 aromatic rings. The lowest BCUT2D eigenvalue weighted by Crippen LogP contribution is -2.30. The van der Waals surface area contributed by atoms with Gasteiger partial charge in [-0.05, 0) is 55.7 Å². The smallest absolute Gasteiger partial charge is 0.339 e. The summed E-state index contributed by atoms with van der Waals surface area (Å²) < 4.78 is 5.75. The minimum Gasteiger partial charge on any atom is -0.450 e. The Labute approximate surface area is 247 Å². The first-order valence-corrected chi connectivity index (χ1v) is 14.3. The van der Waals surface area contributed by atoms with Crippen LogP contribution in [-0.2, 0) is 14.3 Å². The number of imide groups is 1. The number of ether oxygens (including phenoxy) is 1. The van der Waals surface area contributed by atoms with Gasteiger partial charge in [0.05, 0.1) is 34.3 Å². The first-order chi connectivity index (χ1) is 20.4. The SMILES string of the molecule is CCC(OC(=O)c1cc(-c2ccc(N3C(=O)C4CC=CCC4C3=O)cc2)nc2ccc(Cl)cc12)C(=O)c1ccccc1. The number of fused-ring (bicyclic) bond motifs is 2. The third-order valence-electron chi connectivity index (χ3n) is 7.89. The average molecular weight is 579 g/mol. The third kappa shape index (κ3) is 5.01. The van der Waals surface area contributed by atoms with E-state index in [1.54, 1.807) is 79.7 Å². The first kappa shape index (κ1) is 27.5. The van der Waals surface area contributed by atoms with Crippen LogP contribution in [0.2, 0.25) is 5.02 Å². The number of amides is 2. The summed E-state index contributed by atoms with van der Waals surface area (Å²) in [6.07, 6.45) is 4.41. The summed E-state index contributed by atoms with van der Waals surface area (Å²) >= 11 is 6.27. The number of pyridine rings is 1. The van der Waals surface area contributed by atoms with Crippen LogP contribution in [0, 0.1) is 11.8 Å². The Bertz CT molecular complexity index is 1720. The minimum atomic E-state index is -0.959. The summed E-state index contributed by atoms with van der Waals surface area (Å²) in [7, 11) is 0. The van der Waals surface area contributed by atoms with Crippen LogP contribution in [-0.4, -0.2) is 34.7 Å². The summed E-state index contributed by atoms with van der Waals surface area (Å²) in [5, 5.41) is 0.929. The van der Waals surface area contributed by atoms with Crippen LogP contribution < -0.4 is 4.90 Å². The van der Waals surface area contributed by atoms with Gasteiger partial charge < -0.3 is 4.74 Å². The van der Waals surface area contributed by atoms with E-state index >= 15 is 0 Å². The van der Waals surface area contributed by atoms with Crippen LogP contribution in [0.1, 0.15) is 46.9 Å². The van der Waals surface area contributed by atoms with E-state index in [1.165, 1.54) is 4.90 Å². The fourth-order valence-electron chi connectivity index (χ4n) is 5.65. The van der Waals surface area contributed by atoms with Crippen molar-refractivity contribution in [3.8, 4) is 11.3 Å². The number of carbonyl (C=O) groups excluding carboxylic acids is 4. The van der Waals surface area contributed by atoms with Crippen molar-refractivity contribution in [3.63, 3.8) is 0 Å². The molecule has 1 aliphatic carbocycles. The van der Waals surface area contributed by atoms with Gasteiger partial charge in [-0.2, -0.15) is 0 Å². The Morgan fingerprint density at radius 2 is 1.60 bits per heavy atom. The summed E-state index contributed by atoms with van der Waals surface area (Å²) in [6.45, 7) is 1.79. The number of rotatable bonds is 7. The highest BCUT2D eigenvalue weighted by atomic mass is 35.5. The highest BCUT2D eigenvalue weighted by Gasteiger charge is 2.47. The van der Waals surface area contributed by atoms with Crippen LogP contribution >= 0.6 is 11.6 Å². The van der Waals surface area contributed by atoms with Gasteiger partial charge in [0.2, 0.25) is 17.6 Å². The maximum Gasteiger partial charge on any atom is 0.339 e. The molecular formula is C34H27ClN2O5. The Morgan fingerprint density at radius 1 is 0.929 bits per heavy atom. The molecule has 2 amide bonds. The van der Waals surface area contributed by atoms with E-state index in [-0.39, 0.29) is 35.0 Å². The third-order valence-corrected chi connectivity index (χ3v) is 8.13. The summed E-state index contributed by atoms with van der Waals surface area (Å²) in [5.74, 6) is -1.92. The second kappa shape index (κ2) is 11.3. The molecule has 42 heavy (non-hydrogen) atoms. The fourth-order valence-corrected chi connectivity index (χ4v) is 5.83. The highest BCUT2D eigenvalue weighted by Crippen LogP contribution is 2.38. The number of carbonyl (C=O) groups is 4. The maximum absolute atomic E-state index is 13.6. The number of allylic oxidation sites excluding steroid dienone is 2. The highest BCUT2D eigenvalue weighted by molar-refractivity contribution is 6.31. The lowest BCUT2D eigenvalue weighted by atomic mass is 9.85. The number of hydrogen-bond acceptors (Lipinski definition) is 6. The van der Waals surface area contributed by atoms with E-state index in [9.17, 15) is 19.2 Å². The zero-order valence-corrected chi connectivity index (χ0v) is 23.6. The first-order valence-electron chi connectivity index (χ1n) is 13.9. The molecule has 1 aromatic heterocycles. The van der Waals surface area contributed by atoms with Gasteiger partial charge in [-0.25, -0.2) is 9.78 Å². The largest absolute Gasteiger partial charge is 0.450 e.